The van der Waals surface area contributed by atoms with E-state index in [1.54, 1.807) is 25.4 Å². The van der Waals surface area contributed by atoms with Crippen LogP contribution in [-0.4, -0.2) is 26.3 Å². The molecule has 1 N–H and O–H groups in total. The molecule has 0 radical (unpaired) electrons. The van der Waals surface area contributed by atoms with E-state index >= 15 is 0 Å². The van der Waals surface area contributed by atoms with E-state index in [0.717, 1.165) is 11.8 Å². The van der Waals surface area contributed by atoms with Gasteiger partial charge in [0.25, 0.3) is 0 Å². The molecule has 0 fully saturated rings. The molecule has 1 rings (SSSR count). The number of rotatable bonds is 3. The Morgan fingerprint density at radius 1 is 1.58 bits per heavy atom. The van der Waals surface area contributed by atoms with Crippen LogP contribution in [0.25, 0.3) is 0 Å². The molecule has 64 valence electrons. The lowest BCUT2D eigenvalue weighted by Gasteiger charge is -2.02. The van der Waals surface area contributed by atoms with Gasteiger partial charge in [0, 0.05) is 12.4 Å². The molecular formula is C7H8N2O2S. The number of nitrogens with zero attached hydrogens (tertiary/aromatic N) is 2. The van der Waals surface area contributed by atoms with Gasteiger partial charge in [-0.1, -0.05) is 11.8 Å². The Hall–Kier alpha value is -1.10. The van der Waals surface area contributed by atoms with Gasteiger partial charge < -0.3 is 5.11 Å². The Kier molecular flexibility index (Phi) is 3.04. The summed E-state index contributed by atoms with van der Waals surface area (Å²) in [6.45, 7) is 1.60. The average molecular weight is 184 g/mol. The zero-order valence-corrected chi connectivity index (χ0v) is 7.28. The summed E-state index contributed by atoms with van der Waals surface area (Å²) in [4.78, 5) is 18.2. The van der Waals surface area contributed by atoms with Crippen LogP contribution in [0, 0.1) is 0 Å². The number of hydrogen-bond donors (Lipinski definition) is 1. The van der Waals surface area contributed by atoms with Crippen molar-refractivity contribution in [2.75, 3.05) is 0 Å². The molecule has 1 atom stereocenters. The third-order valence-electron chi connectivity index (χ3n) is 1.17. The molecule has 0 saturated carbocycles. The van der Waals surface area contributed by atoms with Crippen LogP contribution >= 0.6 is 11.8 Å². The Bertz CT molecular complexity index is 265. The van der Waals surface area contributed by atoms with Crippen molar-refractivity contribution in [2.24, 2.45) is 0 Å². The second-order valence-electron chi connectivity index (χ2n) is 2.13. The predicted molar refractivity (Wildman–Crippen MR) is 45.0 cm³/mol. The van der Waals surface area contributed by atoms with Crippen molar-refractivity contribution >= 4 is 17.7 Å². The smallest absolute Gasteiger partial charge is 0.316 e. The van der Waals surface area contributed by atoms with Gasteiger partial charge in [-0.2, -0.15) is 0 Å². The van der Waals surface area contributed by atoms with Crippen molar-refractivity contribution in [3.63, 3.8) is 0 Å². The minimum absolute atomic E-state index is 0.493. The van der Waals surface area contributed by atoms with Gasteiger partial charge in [0.05, 0.1) is 0 Å². The van der Waals surface area contributed by atoms with Crippen LogP contribution in [0.5, 0.6) is 0 Å². The minimum atomic E-state index is -0.854. The number of hydrogen-bond acceptors (Lipinski definition) is 4. The second kappa shape index (κ2) is 4.06. The Labute approximate surface area is 74.0 Å². The van der Waals surface area contributed by atoms with Gasteiger partial charge >= 0.3 is 5.97 Å². The van der Waals surface area contributed by atoms with Gasteiger partial charge in [-0.25, -0.2) is 9.97 Å². The fourth-order valence-corrected chi connectivity index (χ4v) is 1.22. The highest BCUT2D eigenvalue weighted by atomic mass is 32.2. The molecule has 0 amide bonds. The van der Waals surface area contributed by atoms with E-state index in [9.17, 15) is 4.79 Å². The van der Waals surface area contributed by atoms with Crippen molar-refractivity contribution in [2.45, 2.75) is 17.3 Å². The standard InChI is InChI=1S/C7H8N2O2S/c1-5(6(10)11)12-7-8-3-2-4-9-7/h2-5H,1H3,(H,10,11)/t5-/m0/s1. The monoisotopic (exact) mass is 184 g/mol. The van der Waals surface area contributed by atoms with Crippen molar-refractivity contribution < 1.29 is 9.90 Å². The predicted octanol–water partition coefficient (Wildman–Crippen LogP) is 1.04. The largest absolute Gasteiger partial charge is 0.480 e. The van der Waals surface area contributed by atoms with Gasteiger partial charge in [0.1, 0.15) is 5.25 Å². The molecule has 1 aromatic rings. The molecule has 1 aromatic heterocycles. The van der Waals surface area contributed by atoms with Gasteiger partial charge in [-0.3, -0.25) is 4.79 Å². The summed E-state index contributed by atoms with van der Waals surface area (Å²) in [6.07, 6.45) is 3.17. The third kappa shape index (κ3) is 2.50. The maximum atomic E-state index is 10.4. The first-order valence-corrected chi connectivity index (χ1v) is 4.24. The van der Waals surface area contributed by atoms with Crippen LogP contribution < -0.4 is 0 Å². The molecule has 0 aliphatic carbocycles. The number of carboxylic acid groups (broad SMARTS) is 1. The van der Waals surface area contributed by atoms with E-state index in [1.165, 1.54) is 0 Å². The van der Waals surface area contributed by atoms with E-state index in [4.69, 9.17) is 5.11 Å². The quantitative estimate of drug-likeness (QED) is 0.561. The lowest BCUT2D eigenvalue weighted by Crippen LogP contribution is -2.11. The van der Waals surface area contributed by atoms with Crippen molar-refractivity contribution in [3.05, 3.63) is 18.5 Å². The fourth-order valence-electron chi connectivity index (χ4n) is 0.555. The highest BCUT2D eigenvalue weighted by Gasteiger charge is 2.13. The van der Waals surface area contributed by atoms with Crippen LogP contribution in [0.2, 0.25) is 0 Å². The van der Waals surface area contributed by atoms with E-state index in [-0.39, 0.29) is 0 Å². The molecule has 0 aliphatic heterocycles. The summed E-state index contributed by atoms with van der Waals surface area (Å²) in [5.41, 5.74) is 0. The van der Waals surface area contributed by atoms with Gasteiger partial charge in [-0.15, -0.1) is 0 Å². The van der Waals surface area contributed by atoms with Crippen LogP contribution in [0.4, 0.5) is 0 Å². The van der Waals surface area contributed by atoms with E-state index in [1.807, 2.05) is 0 Å². The minimum Gasteiger partial charge on any atom is -0.480 e. The Balaban J connectivity index is 2.58. The van der Waals surface area contributed by atoms with Crippen LogP contribution in [0.3, 0.4) is 0 Å². The number of aliphatic carboxylic acids is 1. The normalized spacial score (nSPS) is 12.4. The molecule has 12 heavy (non-hydrogen) atoms. The van der Waals surface area contributed by atoms with E-state index in [2.05, 4.69) is 9.97 Å². The summed E-state index contributed by atoms with van der Waals surface area (Å²) in [6, 6.07) is 1.69. The highest BCUT2D eigenvalue weighted by molar-refractivity contribution is 8.00. The SMILES string of the molecule is C[C@H](Sc1ncccn1)C(=O)O. The lowest BCUT2D eigenvalue weighted by atomic mass is 10.5. The molecule has 1 heterocycles. The molecule has 4 nitrogen and oxygen atoms in total. The van der Waals surface area contributed by atoms with Crippen molar-refractivity contribution in [1.29, 1.82) is 0 Å². The van der Waals surface area contributed by atoms with Gasteiger partial charge in [-0.05, 0) is 13.0 Å². The molecule has 0 aliphatic rings. The topological polar surface area (TPSA) is 63.1 Å². The summed E-state index contributed by atoms with van der Waals surface area (Å²) < 4.78 is 0. The van der Waals surface area contributed by atoms with Crippen molar-refractivity contribution in [1.82, 2.24) is 9.97 Å². The molecule has 0 unspecified atom stereocenters. The highest BCUT2D eigenvalue weighted by Crippen LogP contribution is 2.17. The third-order valence-corrected chi connectivity index (χ3v) is 2.15. The first-order valence-electron chi connectivity index (χ1n) is 3.36. The molecular weight excluding hydrogens is 176 g/mol. The molecule has 0 spiro atoms. The summed E-state index contributed by atoms with van der Waals surface area (Å²) in [5.74, 6) is -0.854. The Morgan fingerprint density at radius 2 is 2.17 bits per heavy atom. The summed E-state index contributed by atoms with van der Waals surface area (Å²) in [5, 5.41) is 8.55. The zero-order valence-electron chi connectivity index (χ0n) is 6.47. The lowest BCUT2D eigenvalue weighted by molar-refractivity contribution is -0.136. The maximum Gasteiger partial charge on any atom is 0.316 e. The second-order valence-corrected chi connectivity index (χ2v) is 3.44. The number of thioether (sulfide) groups is 1. The molecule has 0 bridgehead atoms. The number of carboxylic acids is 1. The van der Waals surface area contributed by atoms with E-state index in [0.29, 0.717) is 5.16 Å². The zero-order chi connectivity index (χ0) is 8.97. The number of carbonyl (C=O) groups is 1. The van der Waals surface area contributed by atoms with Crippen LogP contribution in [-0.2, 0) is 4.79 Å². The average Bonchev–Trinajstić information content (AvgIpc) is 2.06. The van der Waals surface area contributed by atoms with Gasteiger partial charge in [0.2, 0.25) is 0 Å². The first-order chi connectivity index (χ1) is 5.70. The van der Waals surface area contributed by atoms with Gasteiger partial charge in [0.15, 0.2) is 5.16 Å². The van der Waals surface area contributed by atoms with E-state index < -0.39 is 11.2 Å². The maximum absolute atomic E-state index is 10.4. The molecule has 0 aromatic carbocycles. The molecule has 0 saturated heterocycles. The fraction of sp³-hybridized carbons (Fsp3) is 0.286. The first kappa shape index (κ1) is 8.99. The van der Waals surface area contributed by atoms with Crippen LogP contribution in [0.15, 0.2) is 23.6 Å². The Morgan fingerprint density at radius 3 is 2.67 bits per heavy atom. The summed E-state index contributed by atoms with van der Waals surface area (Å²) in [7, 11) is 0. The molecule has 5 heteroatoms. The number of aromatic nitrogens is 2. The summed E-state index contributed by atoms with van der Waals surface area (Å²) >= 11 is 1.13. The van der Waals surface area contributed by atoms with Crippen molar-refractivity contribution in [3.8, 4) is 0 Å². The van der Waals surface area contributed by atoms with Crippen LogP contribution in [0.1, 0.15) is 6.92 Å².